The summed E-state index contributed by atoms with van der Waals surface area (Å²) in [5.41, 5.74) is 3.26. The van der Waals surface area contributed by atoms with Gasteiger partial charge in [-0.15, -0.1) is 0 Å². The zero-order chi connectivity index (χ0) is 24.8. The minimum Gasteiger partial charge on any atom is -0.349 e. The van der Waals surface area contributed by atoms with Crippen LogP contribution >= 0.6 is 11.6 Å². The van der Waals surface area contributed by atoms with Gasteiger partial charge in [0.1, 0.15) is 6.54 Å². The van der Waals surface area contributed by atoms with Gasteiger partial charge in [-0.2, -0.15) is 0 Å². The van der Waals surface area contributed by atoms with Crippen LogP contribution in [0.1, 0.15) is 63.9 Å². The number of carbonyl (C=O) groups excluding carboxylic acids is 2. The third-order valence-corrected chi connectivity index (χ3v) is 6.68. The van der Waals surface area contributed by atoms with E-state index in [1.165, 1.54) is 0 Å². The molecule has 6 heteroatoms. The number of benzene rings is 2. The molecule has 1 N–H and O–H groups in total. The maximum atomic E-state index is 13.9. The number of hydrogen-bond acceptors (Lipinski definition) is 2. The van der Waals surface area contributed by atoms with Crippen LogP contribution in [0.15, 0.2) is 48.5 Å². The first-order valence-corrected chi connectivity index (χ1v) is 12.2. The number of hydrogen-bond donors (Lipinski definition) is 1. The number of aryl methyl sites for hydroxylation is 1. The lowest BCUT2D eigenvalue weighted by Gasteiger charge is -2.39. The summed E-state index contributed by atoms with van der Waals surface area (Å²) in [7, 11) is 0. The van der Waals surface area contributed by atoms with E-state index in [4.69, 9.17) is 11.6 Å². The van der Waals surface area contributed by atoms with Gasteiger partial charge in [-0.05, 0) is 44.2 Å². The van der Waals surface area contributed by atoms with Crippen LogP contribution in [0.5, 0.6) is 0 Å². The molecule has 0 spiro atoms. The van der Waals surface area contributed by atoms with Gasteiger partial charge in [0.05, 0.1) is 16.2 Å². The summed E-state index contributed by atoms with van der Waals surface area (Å²) in [6, 6.07) is 15.0. The molecule has 1 unspecified atom stereocenters. The minimum atomic E-state index is -0.818. The lowest BCUT2D eigenvalue weighted by atomic mass is 9.81. The molecule has 1 aromatic heterocycles. The molecule has 0 saturated heterocycles. The molecule has 2 heterocycles. The van der Waals surface area contributed by atoms with Crippen molar-refractivity contribution in [3.63, 3.8) is 0 Å². The lowest BCUT2D eigenvalue weighted by molar-refractivity contribution is -0.145. The van der Waals surface area contributed by atoms with Gasteiger partial charge in [0, 0.05) is 17.5 Å². The second kappa shape index (κ2) is 8.77. The monoisotopic (exact) mass is 479 g/mol. The van der Waals surface area contributed by atoms with E-state index in [1.54, 1.807) is 4.90 Å². The molecule has 1 aliphatic rings. The molecule has 0 bridgehead atoms. The molecule has 0 aliphatic carbocycles. The SMILES string of the molecule is Cc1ccc(CN2C(=O)Cn3c(c(Cl)c4ccccc43)C2C(=O)NC(C)(C)CC(C)(C)C)cc1. The van der Waals surface area contributed by atoms with Gasteiger partial charge in [-0.25, -0.2) is 0 Å². The molecule has 180 valence electrons. The molecular formula is C28H34ClN3O2. The van der Waals surface area contributed by atoms with Crippen molar-refractivity contribution in [1.82, 2.24) is 14.8 Å². The molecule has 0 fully saturated rings. The average Bonchev–Trinajstić information content (AvgIpc) is 3.00. The Labute approximate surface area is 207 Å². The van der Waals surface area contributed by atoms with Crippen LogP contribution in [0.3, 0.4) is 0 Å². The number of nitrogens with zero attached hydrogens (tertiary/aromatic N) is 2. The van der Waals surface area contributed by atoms with Crippen LogP contribution < -0.4 is 5.32 Å². The van der Waals surface area contributed by atoms with Gasteiger partial charge in [-0.1, -0.05) is 80.4 Å². The maximum Gasteiger partial charge on any atom is 0.249 e. The normalized spacial score (nSPS) is 16.6. The number of carbonyl (C=O) groups is 2. The van der Waals surface area contributed by atoms with Crippen molar-refractivity contribution in [2.75, 3.05) is 0 Å². The molecular weight excluding hydrogens is 446 g/mol. The zero-order valence-electron chi connectivity index (χ0n) is 20.9. The molecule has 4 rings (SSSR count). The van der Waals surface area contributed by atoms with Crippen molar-refractivity contribution >= 4 is 34.3 Å². The van der Waals surface area contributed by atoms with Crippen molar-refractivity contribution in [2.24, 2.45) is 5.41 Å². The minimum absolute atomic E-state index is 0.0350. The van der Waals surface area contributed by atoms with Crippen LogP contribution in [0.4, 0.5) is 0 Å². The zero-order valence-corrected chi connectivity index (χ0v) is 21.7. The Morgan fingerprint density at radius 2 is 1.71 bits per heavy atom. The standard InChI is InChI=1S/C28H34ClN3O2/c1-18-11-13-19(14-12-18)15-32-22(33)16-31-21-10-8-7-9-20(21)23(29)24(31)25(32)26(34)30-28(5,6)17-27(2,3)4/h7-14,25H,15-17H2,1-6H3,(H,30,34). The summed E-state index contributed by atoms with van der Waals surface area (Å²) in [6.07, 6.45) is 0.793. The average molecular weight is 480 g/mol. The number of halogens is 1. The third kappa shape index (κ3) is 4.85. The molecule has 0 radical (unpaired) electrons. The van der Waals surface area contributed by atoms with Crippen LogP contribution in [0.2, 0.25) is 5.02 Å². The van der Waals surface area contributed by atoms with Gasteiger partial charge < -0.3 is 14.8 Å². The van der Waals surface area contributed by atoms with Crippen molar-refractivity contribution < 1.29 is 9.59 Å². The van der Waals surface area contributed by atoms with E-state index >= 15 is 0 Å². The Morgan fingerprint density at radius 3 is 2.35 bits per heavy atom. The van der Waals surface area contributed by atoms with Gasteiger partial charge >= 0.3 is 0 Å². The predicted octanol–water partition coefficient (Wildman–Crippen LogP) is 6.02. The Kier molecular flexibility index (Phi) is 6.28. The summed E-state index contributed by atoms with van der Waals surface area (Å²) in [5, 5.41) is 4.63. The van der Waals surface area contributed by atoms with Gasteiger partial charge in [0.2, 0.25) is 11.8 Å². The van der Waals surface area contributed by atoms with Crippen molar-refractivity contribution in [3.8, 4) is 0 Å². The molecule has 3 aromatic rings. The highest BCUT2D eigenvalue weighted by atomic mass is 35.5. The summed E-state index contributed by atoms with van der Waals surface area (Å²) in [4.78, 5) is 29.1. The highest BCUT2D eigenvalue weighted by molar-refractivity contribution is 6.37. The van der Waals surface area contributed by atoms with Crippen molar-refractivity contribution in [3.05, 3.63) is 70.4 Å². The van der Waals surface area contributed by atoms with E-state index in [0.717, 1.165) is 28.5 Å². The summed E-state index contributed by atoms with van der Waals surface area (Å²) in [5.74, 6) is -0.306. The molecule has 2 aromatic carbocycles. The molecule has 2 amide bonds. The first-order valence-electron chi connectivity index (χ1n) is 11.8. The second-order valence-electron chi connectivity index (χ2n) is 11.3. The summed E-state index contributed by atoms with van der Waals surface area (Å²) in [6.45, 7) is 13.1. The van der Waals surface area contributed by atoms with Crippen LogP contribution in [0.25, 0.3) is 10.9 Å². The Hall–Kier alpha value is -2.79. The number of para-hydroxylation sites is 1. The van der Waals surface area contributed by atoms with E-state index in [2.05, 4.69) is 26.1 Å². The van der Waals surface area contributed by atoms with Crippen LogP contribution in [0, 0.1) is 12.3 Å². The Morgan fingerprint density at radius 1 is 1.06 bits per heavy atom. The summed E-state index contributed by atoms with van der Waals surface area (Å²) >= 11 is 6.89. The molecule has 1 aliphatic heterocycles. The summed E-state index contributed by atoms with van der Waals surface area (Å²) < 4.78 is 1.91. The number of amides is 2. The second-order valence-corrected chi connectivity index (χ2v) is 11.7. The smallest absolute Gasteiger partial charge is 0.249 e. The first kappa shape index (κ1) is 24.3. The predicted molar refractivity (Wildman–Crippen MR) is 138 cm³/mol. The number of aromatic nitrogens is 1. The Bertz CT molecular complexity index is 1240. The number of rotatable bonds is 5. The van der Waals surface area contributed by atoms with Gasteiger partial charge in [0.15, 0.2) is 6.04 Å². The van der Waals surface area contributed by atoms with Crippen molar-refractivity contribution in [2.45, 2.75) is 72.6 Å². The van der Waals surface area contributed by atoms with Crippen LogP contribution in [-0.4, -0.2) is 26.8 Å². The van der Waals surface area contributed by atoms with E-state index < -0.39 is 11.6 Å². The third-order valence-electron chi connectivity index (χ3n) is 6.29. The molecule has 34 heavy (non-hydrogen) atoms. The largest absolute Gasteiger partial charge is 0.349 e. The van der Waals surface area contributed by atoms with E-state index in [0.29, 0.717) is 17.3 Å². The lowest BCUT2D eigenvalue weighted by Crippen LogP contribution is -2.54. The topological polar surface area (TPSA) is 54.3 Å². The first-order chi connectivity index (χ1) is 15.9. The quantitative estimate of drug-likeness (QED) is 0.486. The molecule has 1 atom stereocenters. The molecule has 5 nitrogen and oxygen atoms in total. The van der Waals surface area contributed by atoms with Gasteiger partial charge in [-0.3, -0.25) is 9.59 Å². The van der Waals surface area contributed by atoms with Gasteiger partial charge in [0.25, 0.3) is 0 Å². The Balaban J connectivity index is 1.79. The fourth-order valence-corrected chi connectivity index (χ4v) is 5.71. The fraction of sp³-hybridized carbons (Fsp3) is 0.429. The van der Waals surface area contributed by atoms with Crippen LogP contribution in [-0.2, 0) is 22.7 Å². The van der Waals surface area contributed by atoms with Crippen molar-refractivity contribution in [1.29, 1.82) is 0 Å². The number of fused-ring (bicyclic) bond motifs is 3. The number of nitrogens with one attached hydrogen (secondary N) is 1. The maximum absolute atomic E-state index is 13.9. The highest BCUT2D eigenvalue weighted by Gasteiger charge is 2.42. The fourth-order valence-electron chi connectivity index (χ4n) is 5.34. The molecule has 0 saturated carbocycles. The van der Waals surface area contributed by atoms with E-state index in [-0.39, 0.29) is 23.8 Å². The van der Waals surface area contributed by atoms with E-state index in [1.807, 2.05) is 73.9 Å². The van der Waals surface area contributed by atoms with E-state index in [9.17, 15) is 9.59 Å². The highest BCUT2D eigenvalue weighted by Crippen LogP contribution is 2.40.